The van der Waals surface area contributed by atoms with E-state index < -0.39 is 35.8 Å². The highest BCUT2D eigenvalue weighted by molar-refractivity contribution is 5.89. The number of aliphatic hydroxyl groups is 1. The first-order valence-electron chi connectivity index (χ1n) is 15.7. The summed E-state index contributed by atoms with van der Waals surface area (Å²) in [5, 5.41) is 17.5. The van der Waals surface area contributed by atoms with Crippen molar-refractivity contribution in [3.63, 3.8) is 0 Å². The molecule has 0 bridgehead atoms. The fraction of sp³-hybridized carbons (Fsp3) is 0.486. The number of imidazole rings is 1. The molecule has 1 saturated heterocycles. The molecule has 242 valence electrons. The van der Waals surface area contributed by atoms with Crippen molar-refractivity contribution >= 4 is 17.9 Å². The first-order chi connectivity index (χ1) is 21.4. The molecule has 3 N–H and O–H groups in total. The summed E-state index contributed by atoms with van der Waals surface area (Å²) >= 11 is 0. The van der Waals surface area contributed by atoms with Crippen LogP contribution in [0, 0.1) is 11.8 Å². The van der Waals surface area contributed by atoms with Crippen molar-refractivity contribution < 1.29 is 24.2 Å². The Morgan fingerprint density at radius 2 is 1.56 bits per heavy atom. The summed E-state index contributed by atoms with van der Waals surface area (Å²) in [7, 11) is 0. The molecule has 10 heteroatoms. The van der Waals surface area contributed by atoms with E-state index in [1.165, 1.54) is 0 Å². The normalized spacial score (nSPS) is 16.3. The number of hydrogen-bond acceptors (Lipinski definition) is 6. The first-order valence-corrected chi connectivity index (χ1v) is 15.7. The molecule has 45 heavy (non-hydrogen) atoms. The van der Waals surface area contributed by atoms with Crippen molar-refractivity contribution in [3.05, 3.63) is 90.5 Å². The van der Waals surface area contributed by atoms with Crippen LogP contribution in [0.25, 0.3) is 0 Å². The van der Waals surface area contributed by atoms with Crippen molar-refractivity contribution in [1.82, 2.24) is 25.1 Å². The number of hydrogen-bond donors (Lipinski definition) is 3. The van der Waals surface area contributed by atoms with Crippen LogP contribution in [0.2, 0.25) is 0 Å². The quantitative estimate of drug-likeness (QED) is 0.265. The number of benzene rings is 2. The second-order valence-corrected chi connectivity index (χ2v) is 13.3. The Kier molecular flexibility index (Phi) is 11.4. The maximum absolute atomic E-state index is 14.0. The minimum absolute atomic E-state index is 0.0689. The van der Waals surface area contributed by atoms with E-state index in [0.29, 0.717) is 25.9 Å². The van der Waals surface area contributed by atoms with E-state index in [1.807, 2.05) is 85.3 Å². The van der Waals surface area contributed by atoms with Gasteiger partial charge in [0.1, 0.15) is 11.6 Å². The molecule has 4 rings (SSSR count). The average Bonchev–Trinajstić information content (AvgIpc) is 3.48. The first kappa shape index (κ1) is 33.7. The SMILES string of the molecule is CC(C)C(NC(=O)C(Cc1ccccc1)CC(O)C(Cc1ccccc1)NC(=O)OC(C)(C)C)C(=O)N1CC(n2ccnc2)C1. The van der Waals surface area contributed by atoms with E-state index >= 15 is 0 Å². The monoisotopic (exact) mass is 617 g/mol. The molecule has 3 amide bonds. The van der Waals surface area contributed by atoms with Crippen molar-refractivity contribution in [2.45, 2.75) is 83.7 Å². The molecule has 1 aliphatic rings. The summed E-state index contributed by atoms with van der Waals surface area (Å²) in [6.45, 7) is 10.3. The van der Waals surface area contributed by atoms with Crippen LogP contribution < -0.4 is 10.6 Å². The van der Waals surface area contributed by atoms with Crippen molar-refractivity contribution in [2.75, 3.05) is 13.1 Å². The number of ether oxygens (including phenoxy) is 1. The van der Waals surface area contributed by atoms with Gasteiger partial charge in [-0.25, -0.2) is 9.78 Å². The fourth-order valence-corrected chi connectivity index (χ4v) is 5.54. The molecule has 0 saturated carbocycles. The summed E-state index contributed by atoms with van der Waals surface area (Å²) < 4.78 is 7.48. The van der Waals surface area contributed by atoms with Crippen molar-refractivity contribution in [3.8, 4) is 0 Å². The molecule has 4 atom stereocenters. The number of carbonyl (C=O) groups excluding carboxylic acids is 3. The highest BCUT2D eigenvalue weighted by Crippen LogP contribution is 2.24. The van der Waals surface area contributed by atoms with Crippen molar-refractivity contribution in [1.29, 1.82) is 0 Å². The Hall–Kier alpha value is -4.18. The zero-order valence-electron chi connectivity index (χ0n) is 26.9. The van der Waals surface area contributed by atoms with Gasteiger partial charge in [-0.05, 0) is 57.1 Å². The van der Waals surface area contributed by atoms with Crippen LogP contribution in [0.5, 0.6) is 0 Å². The lowest BCUT2D eigenvalue weighted by Crippen LogP contribution is -2.59. The summed E-state index contributed by atoms with van der Waals surface area (Å²) in [4.78, 5) is 46.1. The Labute approximate surface area is 266 Å². The molecule has 1 aromatic heterocycles. The predicted octanol–water partition coefficient (Wildman–Crippen LogP) is 4.15. The second kappa shape index (κ2) is 15.2. The molecule has 0 aliphatic carbocycles. The largest absolute Gasteiger partial charge is 0.444 e. The third-order valence-corrected chi connectivity index (χ3v) is 8.04. The van der Waals surface area contributed by atoms with Gasteiger partial charge < -0.3 is 29.9 Å². The van der Waals surface area contributed by atoms with Gasteiger partial charge in [-0.1, -0.05) is 74.5 Å². The molecule has 0 spiro atoms. The lowest BCUT2D eigenvalue weighted by Gasteiger charge is -2.42. The van der Waals surface area contributed by atoms with Crippen LogP contribution in [-0.2, 0) is 27.2 Å². The number of nitrogens with one attached hydrogen (secondary N) is 2. The van der Waals surface area contributed by atoms with Crippen LogP contribution >= 0.6 is 0 Å². The Bertz CT molecular complexity index is 1370. The van der Waals surface area contributed by atoms with Gasteiger partial charge in [-0.15, -0.1) is 0 Å². The fourth-order valence-electron chi connectivity index (χ4n) is 5.54. The third kappa shape index (κ3) is 9.91. The number of likely N-dealkylation sites (tertiary alicyclic amines) is 1. The van der Waals surface area contributed by atoms with E-state index in [2.05, 4.69) is 15.6 Å². The maximum Gasteiger partial charge on any atom is 0.407 e. The molecular weight excluding hydrogens is 570 g/mol. The number of aliphatic hydroxyl groups excluding tert-OH is 1. The topological polar surface area (TPSA) is 126 Å². The van der Waals surface area contributed by atoms with E-state index in [1.54, 1.807) is 38.2 Å². The van der Waals surface area contributed by atoms with Crippen molar-refractivity contribution in [2.24, 2.45) is 11.8 Å². The molecular formula is C35H47N5O5. The smallest absolute Gasteiger partial charge is 0.407 e. The van der Waals surface area contributed by atoms with Gasteiger partial charge in [0.05, 0.1) is 24.5 Å². The highest BCUT2D eigenvalue weighted by atomic mass is 16.6. The lowest BCUT2D eigenvalue weighted by molar-refractivity contribution is -0.143. The molecule has 1 aliphatic heterocycles. The van der Waals surface area contributed by atoms with Crippen LogP contribution in [0.4, 0.5) is 4.79 Å². The van der Waals surface area contributed by atoms with Gasteiger partial charge in [0.25, 0.3) is 0 Å². The van der Waals surface area contributed by atoms with Gasteiger partial charge >= 0.3 is 6.09 Å². The Balaban J connectivity index is 1.50. The van der Waals surface area contributed by atoms with E-state index in [9.17, 15) is 19.5 Å². The van der Waals surface area contributed by atoms with Gasteiger partial charge in [-0.2, -0.15) is 0 Å². The molecule has 10 nitrogen and oxygen atoms in total. The summed E-state index contributed by atoms with van der Waals surface area (Å²) in [6, 6.07) is 17.9. The summed E-state index contributed by atoms with van der Waals surface area (Å²) in [5.74, 6) is -1.24. The predicted molar refractivity (Wildman–Crippen MR) is 172 cm³/mol. The van der Waals surface area contributed by atoms with Crippen LogP contribution in [-0.4, -0.2) is 74.3 Å². The van der Waals surface area contributed by atoms with E-state index in [0.717, 1.165) is 11.1 Å². The minimum atomic E-state index is -1.07. The van der Waals surface area contributed by atoms with Gasteiger partial charge in [0.15, 0.2) is 0 Å². The van der Waals surface area contributed by atoms with Crippen LogP contribution in [0.3, 0.4) is 0 Å². The zero-order chi connectivity index (χ0) is 32.6. The Morgan fingerprint density at radius 3 is 2.09 bits per heavy atom. The summed E-state index contributed by atoms with van der Waals surface area (Å²) in [6.07, 6.45) is 4.42. The molecule has 1 fully saturated rings. The third-order valence-electron chi connectivity index (χ3n) is 8.04. The van der Waals surface area contributed by atoms with E-state index in [-0.39, 0.29) is 30.2 Å². The van der Waals surface area contributed by atoms with Gasteiger partial charge in [0.2, 0.25) is 11.8 Å². The number of aromatic nitrogens is 2. The molecule has 4 unspecified atom stereocenters. The van der Waals surface area contributed by atoms with Gasteiger partial charge in [0, 0.05) is 31.4 Å². The second-order valence-electron chi connectivity index (χ2n) is 13.3. The maximum atomic E-state index is 14.0. The Morgan fingerprint density at radius 1 is 0.956 bits per heavy atom. The standard InChI is InChI=1S/C35H47N5O5/c1-24(2)31(33(43)40-21-28(22-40)39-17-16-36-23-39)38-32(42)27(18-25-12-8-6-9-13-25)20-30(41)29(19-26-14-10-7-11-15-26)37-34(44)45-35(3,4)5/h6-17,23-24,27-31,41H,18-22H2,1-5H3,(H,37,44)(H,38,42). The number of rotatable bonds is 13. The number of carbonyl (C=O) groups is 3. The van der Waals surface area contributed by atoms with E-state index in [4.69, 9.17) is 4.74 Å². The highest BCUT2D eigenvalue weighted by Gasteiger charge is 2.38. The van der Waals surface area contributed by atoms with Crippen LogP contribution in [0.15, 0.2) is 79.4 Å². The van der Waals surface area contributed by atoms with Gasteiger partial charge in [-0.3, -0.25) is 9.59 Å². The average molecular weight is 618 g/mol. The van der Waals surface area contributed by atoms with Crippen LogP contribution in [0.1, 0.15) is 58.2 Å². The molecule has 2 aromatic carbocycles. The molecule has 3 aromatic rings. The minimum Gasteiger partial charge on any atom is -0.444 e. The zero-order valence-corrected chi connectivity index (χ0v) is 26.9. The molecule has 0 radical (unpaired) electrons. The lowest BCUT2D eigenvalue weighted by atomic mass is 9.88. The number of nitrogens with zero attached hydrogens (tertiary/aromatic N) is 3. The number of alkyl carbamates (subject to hydrolysis) is 1. The molecule has 2 heterocycles. The summed E-state index contributed by atoms with van der Waals surface area (Å²) in [5.41, 5.74) is 1.15. The number of amides is 3.